The fourth-order valence-corrected chi connectivity index (χ4v) is 3.08. The van der Waals surface area contributed by atoms with Crippen molar-refractivity contribution in [3.05, 3.63) is 0 Å². The predicted octanol–water partition coefficient (Wildman–Crippen LogP) is 0.668. The molecule has 1 atom stereocenters. The topological polar surface area (TPSA) is 49.6 Å². The van der Waals surface area contributed by atoms with E-state index >= 15 is 0 Å². The Morgan fingerprint density at radius 3 is 2.06 bits per heavy atom. The van der Waals surface area contributed by atoms with Gasteiger partial charge in [-0.25, -0.2) is 0 Å². The van der Waals surface area contributed by atoms with Gasteiger partial charge in [-0.2, -0.15) is 0 Å². The Kier molecular flexibility index (Phi) is 3.73. The second-order valence-corrected chi connectivity index (χ2v) is 5.92. The highest BCUT2D eigenvalue weighted by atomic mass is 16.2. The van der Waals surface area contributed by atoms with E-state index in [1.54, 1.807) is 6.92 Å². The second-order valence-electron chi connectivity index (χ2n) is 5.92. The molecule has 0 bridgehead atoms. The van der Waals surface area contributed by atoms with Crippen LogP contribution in [-0.2, 0) is 4.79 Å². The van der Waals surface area contributed by atoms with E-state index in [0.29, 0.717) is 5.41 Å². The summed E-state index contributed by atoms with van der Waals surface area (Å²) in [6.45, 7) is 6.01. The van der Waals surface area contributed by atoms with E-state index in [1.165, 1.54) is 38.8 Å². The van der Waals surface area contributed by atoms with Crippen LogP contribution in [0.15, 0.2) is 0 Å². The molecular formula is C13H25N3O. The first-order chi connectivity index (χ1) is 8.02. The van der Waals surface area contributed by atoms with Crippen molar-refractivity contribution in [1.82, 2.24) is 9.80 Å². The number of carbonyl (C=O) groups is 1. The summed E-state index contributed by atoms with van der Waals surface area (Å²) < 4.78 is 0. The lowest BCUT2D eigenvalue weighted by Crippen LogP contribution is -2.50. The Labute approximate surface area is 104 Å². The highest BCUT2D eigenvalue weighted by Gasteiger charge is 2.38. The monoisotopic (exact) mass is 239 g/mol. The zero-order valence-electron chi connectivity index (χ0n) is 11.1. The highest BCUT2D eigenvalue weighted by molar-refractivity contribution is 5.81. The van der Waals surface area contributed by atoms with Crippen LogP contribution in [0.25, 0.3) is 0 Å². The van der Waals surface area contributed by atoms with Crippen LogP contribution in [-0.4, -0.2) is 55.0 Å². The largest absolute Gasteiger partial charge is 0.341 e. The average Bonchev–Trinajstić information content (AvgIpc) is 2.33. The third kappa shape index (κ3) is 2.80. The summed E-state index contributed by atoms with van der Waals surface area (Å²) in [6.07, 6.45) is 4.92. The van der Waals surface area contributed by atoms with E-state index in [1.807, 2.05) is 4.90 Å². The van der Waals surface area contributed by atoms with Crippen LogP contribution in [0.2, 0.25) is 0 Å². The summed E-state index contributed by atoms with van der Waals surface area (Å²) in [5.74, 6) is 0.118. The van der Waals surface area contributed by atoms with Gasteiger partial charge in [-0.05, 0) is 58.2 Å². The zero-order valence-corrected chi connectivity index (χ0v) is 11.1. The lowest BCUT2D eigenvalue weighted by atomic mass is 9.71. The molecule has 2 aliphatic rings. The van der Waals surface area contributed by atoms with Crippen molar-refractivity contribution in [2.75, 3.05) is 33.2 Å². The molecule has 1 spiro atoms. The molecule has 2 fully saturated rings. The molecule has 4 nitrogen and oxygen atoms in total. The third-order valence-electron chi connectivity index (χ3n) is 4.57. The lowest BCUT2D eigenvalue weighted by molar-refractivity contribution is -0.135. The maximum atomic E-state index is 11.8. The molecule has 98 valence electrons. The number of piperidine rings is 2. The smallest absolute Gasteiger partial charge is 0.239 e. The molecule has 2 heterocycles. The van der Waals surface area contributed by atoms with Crippen molar-refractivity contribution >= 4 is 5.91 Å². The quantitative estimate of drug-likeness (QED) is 0.731. The molecule has 2 saturated heterocycles. The highest BCUT2D eigenvalue weighted by Crippen LogP contribution is 2.40. The van der Waals surface area contributed by atoms with Crippen molar-refractivity contribution < 1.29 is 4.79 Å². The van der Waals surface area contributed by atoms with Crippen molar-refractivity contribution in [3.63, 3.8) is 0 Å². The molecule has 0 aromatic carbocycles. The van der Waals surface area contributed by atoms with E-state index < -0.39 is 0 Å². The number of likely N-dealkylation sites (tertiary alicyclic amines) is 2. The van der Waals surface area contributed by atoms with E-state index in [0.717, 1.165) is 13.1 Å². The number of nitrogens with zero attached hydrogens (tertiary/aromatic N) is 2. The van der Waals surface area contributed by atoms with Crippen molar-refractivity contribution in [2.45, 2.75) is 38.6 Å². The molecular weight excluding hydrogens is 214 g/mol. The van der Waals surface area contributed by atoms with Gasteiger partial charge in [0.2, 0.25) is 5.91 Å². The van der Waals surface area contributed by atoms with Gasteiger partial charge in [0.15, 0.2) is 0 Å². The lowest BCUT2D eigenvalue weighted by Gasteiger charge is -2.46. The van der Waals surface area contributed by atoms with Crippen LogP contribution in [0.4, 0.5) is 0 Å². The molecule has 0 radical (unpaired) electrons. The Morgan fingerprint density at radius 2 is 1.59 bits per heavy atom. The van der Waals surface area contributed by atoms with Gasteiger partial charge in [0.25, 0.3) is 0 Å². The SMILES string of the molecule is C[C@H](N)C(=O)N1CCC2(CCN(C)CC2)CC1. The molecule has 2 rings (SSSR count). The number of hydrogen-bond donors (Lipinski definition) is 1. The molecule has 2 N–H and O–H groups in total. The van der Waals surface area contributed by atoms with Gasteiger partial charge >= 0.3 is 0 Å². The Balaban J connectivity index is 1.87. The van der Waals surface area contributed by atoms with Gasteiger partial charge in [-0.3, -0.25) is 4.79 Å². The molecule has 4 heteroatoms. The first kappa shape index (κ1) is 12.8. The number of carbonyl (C=O) groups excluding carboxylic acids is 1. The standard InChI is InChI=1S/C13H25N3O/c1-11(14)12(17)16-9-5-13(6-10-16)3-7-15(2)8-4-13/h11H,3-10,14H2,1-2H3/t11-/m0/s1. The normalized spacial score (nSPS) is 27.1. The maximum Gasteiger partial charge on any atom is 0.239 e. The Bertz CT molecular complexity index is 272. The average molecular weight is 239 g/mol. The minimum atomic E-state index is -0.346. The number of hydrogen-bond acceptors (Lipinski definition) is 3. The molecule has 1 amide bonds. The molecule has 0 saturated carbocycles. The fraction of sp³-hybridized carbons (Fsp3) is 0.923. The van der Waals surface area contributed by atoms with Crippen LogP contribution < -0.4 is 5.73 Å². The first-order valence-corrected chi connectivity index (χ1v) is 6.75. The van der Waals surface area contributed by atoms with Crippen LogP contribution in [0.5, 0.6) is 0 Å². The van der Waals surface area contributed by atoms with E-state index in [4.69, 9.17) is 5.73 Å². The van der Waals surface area contributed by atoms with E-state index in [2.05, 4.69) is 11.9 Å². The summed E-state index contributed by atoms with van der Waals surface area (Å²) in [7, 11) is 2.20. The predicted molar refractivity (Wildman–Crippen MR) is 68.6 cm³/mol. The number of nitrogens with two attached hydrogens (primary N) is 1. The number of amides is 1. The summed E-state index contributed by atoms with van der Waals surface area (Å²) in [6, 6.07) is -0.346. The van der Waals surface area contributed by atoms with Crippen LogP contribution in [0.3, 0.4) is 0 Å². The molecule has 0 unspecified atom stereocenters. The third-order valence-corrected chi connectivity index (χ3v) is 4.57. The van der Waals surface area contributed by atoms with Crippen LogP contribution >= 0.6 is 0 Å². The minimum absolute atomic E-state index is 0.118. The van der Waals surface area contributed by atoms with Crippen molar-refractivity contribution in [2.24, 2.45) is 11.1 Å². The minimum Gasteiger partial charge on any atom is -0.341 e. The summed E-state index contributed by atoms with van der Waals surface area (Å²) in [4.78, 5) is 16.2. The van der Waals surface area contributed by atoms with Gasteiger partial charge in [0, 0.05) is 13.1 Å². The summed E-state index contributed by atoms with van der Waals surface area (Å²) in [5, 5.41) is 0. The molecule has 17 heavy (non-hydrogen) atoms. The molecule has 0 aromatic heterocycles. The fourth-order valence-electron chi connectivity index (χ4n) is 3.08. The van der Waals surface area contributed by atoms with E-state index in [9.17, 15) is 4.79 Å². The zero-order chi connectivity index (χ0) is 12.5. The van der Waals surface area contributed by atoms with Gasteiger partial charge in [-0.15, -0.1) is 0 Å². The van der Waals surface area contributed by atoms with Crippen LogP contribution in [0, 0.1) is 5.41 Å². The molecule has 0 aliphatic carbocycles. The Morgan fingerprint density at radius 1 is 1.12 bits per heavy atom. The first-order valence-electron chi connectivity index (χ1n) is 6.75. The Hall–Kier alpha value is -0.610. The molecule has 2 aliphatic heterocycles. The van der Waals surface area contributed by atoms with E-state index in [-0.39, 0.29) is 11.9 Å². The van der Waals surface area contributed by atoms with Gasteiger partial charge in [-0.1, -0.05) is 0 Å². The summed E-state index contributed by atoms with van der Waals surface area (Å²) in [5.41, 5.74) is 6.17. The number of rotatable bonds is 1. The van der Waals surface area contributed by atoms with Gasteiger partial charge in [0.1, 0.15) is 0 Å². The van der Waals surface area contributed by atoms with Gasteiger partial charge in [0.05, 0.1) is 6.04 Å². The second kappa shape index (κ2) is 4.94. The van der Waals surface area contributed by atoms with Crippen LogP contribution in [0.1, 0.15) is 32.6 Å². The van der Waals surface area contributed by atoms with Crippen molar-refractivity contribution in [1.29, 1.82) is 0 Å². The van der Waals surface area contributed by atoms with Gasteiger partial charge < -0.3 is 15.5 Å². The maximum absolute atomic E-state index is 11.8. The summed E-state index contributed by atoms with van der Waals surface area (Å²) >= 11 is 0. The van der Waals surface area contributed by atoms with Crippen molar-refractivity contribution in [3.8, 4) is 0 Å². The molecule has 0 aromatic rings.